The molecule has 5 rings (SSSR count). The summed E-state index contributed by atoms with van der Waals surface area (Å²) in [5.41, 5.74) is 10.4. The summed E-state index contributed by atoms with van der Waals surface area (Å²) in [6.07, 6.45) is 0. The summed E-state index contributed by atoms with van der Waals surface area (Å²) in [5.74, 6) is 1.01. The highest BCUT2D eigenvalue weighted by molar-refractivity contribution is 5.84. The van der Waals surface area contributed by atoms with Gasteiger partial charge in [-0.1, -0.05) is 92.7 Å². The van der Waals surface area contributed by atoms with E-state index < -0.39 is 0 Å². The number of para-hydroxylation sites is 1. The van der Waals surface area contributed by atoms with Gasteiger partial charge in [-0.3, -0.25) is 0 Å². The van der Waals surface area contributed by atoms with Crippen LogP contribution in [0.25, 0.3) is 22.3 Å². The van der Waals surface area contributed by atoms with Gasteiger partial charge in [0, 0.05) is 22.9 Å². The first-order valence-corrected chi connectivity index (χ1v) is 10.4. The fourth-order valence-corrected chi connectivity index (χ4v) is 4.66. The van der Waals surface area contributed by atoms with E-state index in [2.05, 4.69) is 116 Å². The van der Waals surface area contributed by atoms with E-state index in [4.69, 9.17) is 0 Å². The zero-order valence-corrected chi connectivity index (χ0v) is 16.9. The third-order valence-electron chi connectivity index (χ3n) is 5.93. The Labute approximate surface area is 173 Å². The number of fused-ring (bicyclic) bond motifs is 3. The lowest BCUT2D eigenvalue weighted by molar-refractivity contribution is 0.573. The molecule has 0 spiro atoms. The van der Waals surface area contributed by atoms with Crippen LogP contribution in [0.15, 0.2) is 97.1 Å². The Morgan fingerprint density at radius 1 is 0.621 bits per heavy atom. The van der Waals surface area contributed by atoms with E-state index in [1.54, 1.807) is 0 Å². The molecule has 142 valence electrons. The molecule has 0 bridgehead atoms. The molecule has 1 aliphatic rings. The predicted molar refractivity (Wildman–Crippen MR) is 124 cm³/mol. The Morgan fingerprint density at radius 3 is 2.07 bits per heavy atom. The second-order valence-electron chi connectivity index (χ2n) is 8.15. The molecule has 0 radical (unpaired) electrons. The van der Waals surface area contributed by atoms with Crippen LogP contribution in [0, 0.1) is 5.92 Å². The first-order chi connectivity index (χ1) is 14.2. The Kier molecular flexibility index (Phi) is 4.44. The molecular formula is C28H25N. The van der Waals surface area contributed by atoms with Gasteiger partial charge in [0.1, 0.15) is 0 Å². The third kappa shape index (κ3) is 3.13. The van der Waals surface area contributed by atoms with Gasteiger partial charge in [0.25, 0.3) is 0 Å². The van der Waals surface area contributed by atoms with Gasteiger partial charge in [-0.15, -0.1) is 0 Å². The van der Waals surface area contributed by atoms with E-state index in [0.29, 0.717) is 11.8 Å². The molecule has 29 heavy (non-hydrogen) atoms. The molecule has 1 heteroatoms. The SMILES string of the molecule is CC(C)C1c2ccccc2-c2ccc(Nc3ccccc3-c3ccccc3)cc21. The van der Waals surface area contributed by atoms with Crippen molar-refractivity contribution in [2.45, 2.75) is 19.8 Å². The number of rotatable bonds is 4. The number of nitrogens with one attached hydrogen (secondary N) is 1. The van der Waals surface area contributed by atoms with Crippen molar-refractivity contribution in [3.8, 4) is 22.3 Å². The van der Waals surface area contributed by atoms with Crippen LogP contribution in [-0.4, -0.2) is 0 Å². The molecule has 1 N–H and O–H groups in total. The van der Waals surface area contributed by atoms with Gasteiger partial charge in [0.05, 0.1) is 0 Å². The molecule has 1 atom stereocenters. The van der Waals surface area contributed by atoms with Crippen molar-refractivity contribution >= 4 is 11.4 Å². The van der Waals surface area contributed by atoms with Crippen LogP contribution < -0.4 is 5.32 Å². The zero-order valence-electron chi connectivity index (χ0n) is 16.9. The summed E-state index contributed by atoms with van der Waals surface area (Å²) in [5, 5.41) is 3.69. The lowest BCUT2D eigenvalue weighted by Gasteiger charge is -2.19. The van der Waals surface area contributed by atoms with Gasteiger partial charge in [-0.25, -0.2) is 0 Å². The summed E-state index contributed by atoms with van der Waals surface area (Å²) >= 11 is 0. The van der Waals surface area contributed by atoms with Gasteiger partial charge < -0.3 is 5.32 Å². The van der Waals surface area contributed by atoms with Crippen molar-refractivity contribution in [2.75, 3.05) is 5.32 Å². The quantitative estimate of drug-likeness (QED) is 0.383. The summed E-state index contributed by atoms with van der Waals surface area (Å²) in [4.78, 5) is 0. The van der Waals surface area contributed by atoms with Crippen LogP contribution in [0.2, 0.25) is 0 Å². The van der Waals surface area contributed by atoms with Gasteiger partial charge in [-0.2, -0.15) is 0 Å². The Balaban J connectivity index is 1.55. The number of benzene rings is 4. The topological polar surface area (TPSA) is 12.0 Å². The predicted octanol–water partition coefficient (Wildman–Crippen LogP) is 7.87. The molecule has 0 aromatic heterocycles. The minimum absolute atomic E-state index is 0.451. The molecular weight excluding hydrogens is 350 g/mol. The van der Waals surface area contributed by atoms with E-state index in [0.717, 1.165) is 11.4 Å². The molecule has 0 saturated carbocycles. The lowest BCUT2D eigenvalue weighted by Crippen LogP contribution is -2.05. The highest BCUT2D eigenvalue weighted by atomic mass is 14.9. The highest BCUT2D eigenvalue weighted by Gasteiger charge is 2.30. The van der Waals surface area contributed by atoms with E-state index in [1.165, 1.54) is 33.4 Å². The van der Waals surface area contributed by atoms with Gasteiger partial charge in [0.2, 0.25) is 0 Å². The van der Waals surface area contributed by atoms with E-state index in [-0.39, 0.29) is 0 Å². The van der Waals surface area contributed by atoms with Gasteiger partial charge in [0.15, 0.2) is 0 Å². The third-order valence-corrected chi connectivity index (χ3v) is 5.93. The largest absolute Gasteiger partial charge is 0.355 e. The van der Waals surface area contributed by atoms with E-state index in [1.807, 2.05) is 0 Å². The van der Waals surface area contributed by atoms with Crippen LogP contribution >= 0.6 is 0 Å². The molecule has 0 aliphatic heterocycles. The van der Waals surface area contributed by atoms with Crippen molar-refractivity contribution in [3.05, 3.63) is 108 Å². The molecule has 0 saturated heterocycles. The number of hydrogen-bond acceptors (Lipinski definition) is 1. The maximum absolute atomic E-state index is 3.69. The van der Waals surface area contributed by atoms with Crippen molar-refractivity contribution in [2.24, 2.45) is 5.92 Å². The van der Waals surface area contributed by atoms with Gasteiger partial charge in [-0.05, 0) is 51.9 Å². The normalized spacial score (nSPS) is 14.5. The van der Waals surface area contributed by atoms with Crippen molar-refractivity contribution in [1.29, 1.82) is 0 Å². The Bertz CT molecular complexity index is 1160. The minimum Gasteiger partial charge on any atom is -0.355 e. The van der Waals surface area contributed by atoms with Gasteiger partial charge >= 0.3 is 0 Å². The van der Waals surface area contributed by atoms with Crippen molar-refractivity contribution < 1.29 is 0 Å². The average molecular weight is 376 g/mol. The van der Waals surface area contributed by atoms with Crippen LogP contribution in [0.5, 0.6) is 0 Å². The summed E-state index contributed by atoms with van der Waals surface area (Å²) in [7, 11) is 0. The fourth-order valence-electron chi connectivity index (χ4n) is 4.66. The molecule has 1 aliphatic carbocycles. The molecule has 0 amide bonds. The minimum atomic E-state index is 0.451. The zero-order chi connectivity index (χ0) is 19.8. The molecule has 0 heterocycles. The maximum Gasteiger partial charge on any atom is 0.0463 e. The Hall–Kier alpha value is -3.32. The summed E-state index contributed by atoms with van der Waals surface area (Å²) in [6, 6.07) is 34.8. The first kappa shape index (κ1) is 17.8. The first-order valence-electron chi connectivity index (χ1n) is 10.4. The standard InChI is InChI=1S/C28H25N/c1-19(2)28-25-14-7-6-13-23(25)24-17-16-21(18-26(24)28)29-27-15-9-8-12-22(27)20-10-4-3-5-11-20/h3-19,28-29H,1-2H3. The maximum atomic E-state index is 3.69. The lowest BCUT2D eigenvalue weighted by atomic mass is 9.86. The summed E-state index contributed by atoms with van der Waals surface area (Å²) < 4.78 is 0. The molecule has 1 nitrogen and oxygen atoms in total. The fraction of sp³-hybridized carbons (Fsp3) is 0.143. The monoisotopic (exact) mass is 375 g/mol. The van der Waals surface area contributed by atoms with Crippen LogP contribution in [-0.2, 0) is 0 Å². The van der Waals surface area contributed by atoms with Crippen LogP contribution in [0.1, 0.15) is 30.9 Å². The summed E-state index contributed by atoms with van der Waals surface area (Å²) in [6.45, 7) is 4.64. The number of hydrogen-bond donors (Lipinski definition) is 1. The van der Waals surface area contributed by atoms with Crippen molar-refractivity contribution in [3.63, 3.8) is 0 Å². The van der Waals surface area contributed by atoms with Crippen molar-refractivity contribution in [1.82, 2.24) is 0 Å². The Morgan fingerprint density at radius 2 is 1.28 bits per heavy atom. The molecule has 4 aromatic carbocycles. The molecule has 4 aromatic rings. The molecule has 0 fully saturated rings. The highest BCUT2D eigenvalue weighted by Crippen LogP contribution is 2.49. The number of anilines is 2. The average Bonchev–Trinajstić information content (AvgIpc) is 3.08. The smallest absolute Gasteiger partial charge is 0.0463 e. The second-order valence-corrected chi connectivity index (χ2v) is 8.15. The van der Waals surface area contributed by atoms with E-state index in [9.17, 15) is 0 Å². The molecule has 1 unspecified atom stereocenters. The second kappa shape index (κ2) is 7.25. The van der Waals surface area contributed by atoms with Crippen LogP contribution in [0.4, 0.5) is 11.4 Å². The van der Waals surface area contributed by atoms with E-state index >= 15 is 0 Å². The van der Waals surface area contributed by atoms with Crippen LogP contribution in [0.3, 0.4) is 0 Å².